The average Bonchev–Trinajstić information content (AvgIpc) is 3.24. The Morgan fingerprint density at radius 3 is 2.84 bits per heavy atom. The number of rotatable bonds is 3. The standard InChI is InChI=1S/C18H25N5O2/c1-3-14-12(2)10-15(25-14)18(24)22-7-4-13(5-8-22)17-21-20-16-11-19-6-9-23(16)17/h10,13,19H,3-9,11H2,1-2H3. The van der Waals surface area contributed by atoms with E-state index in [9.17, 15) is 4.79 Å². The molecule has 2 aliphatic heterocycles. The van der Waals surface area contributed by atoms with Crippen LogP contribution in [0.1, 0.15) is 59.2 Å². The summed E-state index contributed by atoms with van der Waals surface area (Å²) in [5, 5.41) is 12.1. The fourth-order valence-corrected chi connectivity index (χ4v) is 3.89. The Bertz CT molecular complexity index is 771. The van der Waals surface area contributed by atoms with Gasteiger partial charge in [-0.1, -0.05) is 6.92 Å². The molecule has 0 radical (unpaired) electrons. The van der Waals surface area contributed by atoms with Crippen molar-refractivity contribution in [1.82, 2.24) is 25.0 Å². The maximum absolute atomic E-state index is 12.7. The fourth-order valence-electron chi connectivity index (χ4n) is 3.89. The molecule has 7 nitrogen and oxygen atoms in total. The lowest BCUT2D eigenvalue weighted by molar-refractivity contribution is 0.0676. The minimum Gasteiger partial charge on any atom is -0.456 e. The second kappa shape index (κ2) is 6.63. The van der Waals surface area contributed by atoms with E-state index in [0.717, 1.165) is 75.0 Å². The van der Waals surface area contributed by atoms with Crippen molar-refractivity contribution in [2.45, 2.75) is 52.1 Å². The van der Waals surface area contributed by atoms with Gasteiger partial charge in [0.2, 0.25) is 0 Å². The molecule has 2 aliphatic rings. The Balaban J connectivity index is 1.42. The Morgan fingerprint density at radius 2 is 2.12 bits per heavy atom. The number of hydrogen-bond donors (Lipinski definition) is 1. The maximum Gasteiger partial charge on any atom is 0.289 e. The topological polar surface area (TPSA) is 76.2 Å². The number of carbonyl (C=O) groups excluding carboxylic acids is 1. The van der Waals surface area contributed by atoms with Crippen LogP contribution in [0.4, 0.5) is 0 Å². The summed E-state index contributed by atoms with van der Waals surface area (Å²) in [6, 6.07) is 1.87. The van der Waals surface area contributed by atoms with Gasteiger partial charge in [0.1, 0.15) is 17.4 Å². The van der Waals surface area contributed by atoms with Crippen molar-refractivity contribution in [3.8, 4) is 0 Å². The van der Waals surface area contributed by atoms with Crippen molar-refractivity contribution in [2.75, 3.05) is 19.6 Å². The van der Waals surface area contributed by atoms with Crippen LogP contribution in [0.15, 0.2) is 10.5 Å². The van der Waals surface area contributed by atoms with E-state index in [1.54, 1.807) is 0 Å². The number of aryl methyl sites for hydroxylation is 2. The smallest absolute Gasteiger partial charge is 0.289 e. The highest BCUT2D eigenvalue weighted by Crippen LogP contribution is 2.29. The molecule has 2 aromatic heterocycles. The van der Waals surface area contributed by atoms with Crippen molar-refractivity contribution in [2.24, 2.45) is 0 Å². The van der Waals surface area contributed by atoms with Gasteiger partial charge in [0.05, 0.1) is 6.54 Å². The third-order valence-electron chi connectivity index (χ3n) is 5.35. The molecule has 0 bridgehead atoms. The highest BCUT2D eigenvalue weighted by molar-refractivity contribution is 5.91. The van der Waals surface area contributed by atoms with Crippen LogP contribution in [0.5, 0.6) is 0 Å². The van der Waals surface area contributed by atoms with Crippen molar-refractivity contribution >= 4 is 5.91 Å². The second-order valence-corrected chi connectivity index (χ2v) is 6.94. The quantitative estimate of drug-likeness (QED) is 0.921. The first-order chi connectivity index (χ1) is 12.2. The zero-order valence-corrected chi connectivity index (χ0v) is 14.9. The van der Waals surface area contributed by atoms with Gasteiger partial charge < -0.3 is 19.2 Å². The Morgan fingerprint density at radius 1 is 1.32 bits per heavy atom. The van der Waals surface area contributed by atoms with Crippen LogP contribution in [0.3, 0.4) is 0 Å². The minimum atomic E-state index is 0.00808. The van der Waals surface area contributed by atoms with Gasteiger partial charge in [-0.05, 0) is 31.4 Å². The van der Waals surface area contributed by atoms with Crippen LogP contribution in [-0.2, 0) is 19.5 Å². The molecule has 0 saturated carbocycles. The number of nitrogens with one attached hydrogen (secondary N) is 1. The Hall–Kier alpha value is -2.15. The van der Waals surface area contributed by atoms with Crippen molar-refractivity contribution in [3.05, 3.63) is 34.8 Å². The normalized spacial score (nSPS) is 18.4. The summed E-state index contributed by atoms with van der Waals surface area (Å²) >= 11 is 0. The van der Waals surface area contributed by atoms with Crippen LogP contribution in [0.2, 0.25) is 0 Å². The highest BCUT2D eigenvalue weighted by Gasteiger charge is 2.30. The summed E-state index contributed by atoms with van der Waals surface area (Å²) in [7, 11) is 0. The first kappa shape index (κ1) is 16.3. The molecule has 0 spiro atoms. The number of carbonyl (C=O) groups is 1. The SMILES string of the molecule is CCc1oc(C(=O)N2CCC(c3nnc4n3CCNC4)CC2)cc1C. The number of piperidine rings is 1. The predicted molar refractivity (Wildman–Crippen MR) is 92.4 cm³/mol. The van der Waals surface area contributed by atoms with Gasteiger partial charge in [0.15, 0.2) is 5.76 Å². The molecule has 1 fully saturated rings. The van der Waals surface area contributed by atoms with E-state index in [1.165, 1.54) is 0 Å². The second-order valence-electron chi connectivity index (χ2n) is 6.94. The van der Waals surface area contributed by atoms with Crippen LogP contribution < -0.4 is 5.32 Å². The van der Waals surface area contributed by atoms with Gasteiger partial charge in [-0.2, -0.15) is 0 Å². The predicted octanol–water partition coefficient (Wildman–Crippen LogP) is 1.86. The maximum atomic E-state index is 12.7. The Labute approximate surface area is 147 Å². The monoisotopic (exact) mass is 343 g/mol. The van der Waals surface area contributed by atoms with E-state index in [-0.39, 0.29) is 5.91 Å². The van der Waals surface area contributed by atoms with E-state index < -0.39 is 0 Å². The fraction of sp³-hybridized carbons (Fsp3) is 0.611. The van der Waals surface area contributed by atoms with E-state index in [2.05, 4.69) is 20.1 Å². The number of hydrogen-bond acceptors (Lipinski definition) is 5. The number of aromatic nitrogens is 3. The molecule has 25 heavy (non-hydrogen) atoms. The van der Waals surface area contributed by atoms with Crippen molar-refractivity contribution in [1.29, 1.82) is 0 Å². The molecule has 7 heteroatoms. The Kier molecular flexibility index (Phi) is 4.33. The van der Waals surface area contributed by atoms with E-state index in [4.69, 9.17) is 4.42 Å². The number of fused-ring (bicyclic) bond motifs is 1. The molecule has 1 amide bonds. The molecule has 0 unspecified atom stereocenters. The molecule has 4 rings (SSSR count). The van der Waals surface area contributed by atoms with Crippen LogP contribution >= 0.6 is 0 Å². The number of amides is 1. The van der Waals surface area contributed by atoms with Gasteiger partial charge in [0.25, 0.3) is 5.91 Å². The molecule has 134 valence electrons. The largest absolute Gasteiger partial charge is 0.456 e. The molecule has 4 heterocycles. The highest BCUT2D eigenvalue weighted by atomic mass is 16.4. The summed E-state index contributed by atoms with van der Waals surface area (Å²) in [4.78, 5) is 14.6. The van der Waals surface area contributed by atoms with Gasteiger partial charge >= 0.3 is 0 Å². The summed E-state index contributed by atoms with van der Waals surface area (Å²) in [6.07, 6.45) is 2.67. The van der Waals surface area contributed by atoms with Gasteiger partial charge in [-0.25, -0.2) is 0 Å². The molecule has 0 atom stereocenters. The number of likely N-dealkylation sites (tertiary alicyclic amines) is 1. The summed E-state index contributed by atoms with van der Waals surface area (Å²) in [5.74, 6) is 3.88. The molecular weight excluding hydrogens is 318 g/mol. The van der Waals surface area contributed by atoms with Gasteiger partial charge in [-0.15, -0.1) is 10.2 Å². The van der Waals surface area contributed by atoms with Crippen LogP contribution in [0, 0.1) is 6.92 Å². The first-order valence-electron chi connectivity index (χ1n) is 9.18. The van der Waals surface area contributed by atoms with Gasteiger partial charge in [0, 0.05) is 38.5 Å². The van der Waals surface area contributed by atoms with Crippen molar-refractivity contribution in [3.63, 3.8) is 0 Å². The zero-order valence-electron chi connectivity index (χ0n) is 14.9. The minimum absolute atomic E-state index is 0.00808. The third-order valence-corrected chi connectivity index (χ3v) is 5.35. The van der Waals surface area contributed by atoms with Crippen LogP contribution in [0.25, 0.3) is 0 Å². The van der Waals surface area contributed by atoms with Gasteiger partial charge in [-0.3, -0.25) is 4.79 Å². The molecule has 1 saturated heterocycles. The average molecular weight is 343 g/mol. The summed E-state index contributed by atoms with van der Waals surface area (Å²) in [6.45, 7) is 8.21. The van der Waals surface area contributed by atoms with E-state index in [0.29, 0.717) is 11.7 Å². The number of furan rings is 1. The molecular formula is C18H25N5O2. The first-order valence-corrected chi connectivity index (χ1v) is 9.18. The molecule has 0 aliphatic carbocycles. The lowest BCUT2D eigenvalue weighted by Gasteiger charge is -2.31. The molecule has 0 aromatic carbocycles. The third kappa shape index (κ3) is 2.97. The lowest BCUT2D eigenvalue weighted by Crippen LogP contribution is -2.38. The lowest BCUT2D eigenvalue weighted by atomic mass is 9.95. The zero-order chi connectivity index (χ0) is 17.4. The van der Waals surface area contributed by atoms with Crippen molar-refractivity contribution < 1.29 is 9.21 Å². The summed E-state index contributed by atoms with van der Waals surface area (Å²) < 4.78 is 7.98. The van der Waals surface area contributed by atoms with E-state index >= 15 is 0 Å². The molecule has 2 aromatic rings. The number of nitrogens with zero attached hydrogens (tertiary/aromatic N) is 4. The van der Waals surface area contributed by atoms with E-state index in [1.807, 2.05) is 24.8 Å². The summed E-state index contributed by atoms with van der Waals surface area (Å²) in [5.41, 5.74) is 1.06. The van der Waals surface area contributed by atoms with Crippen LogP contribution in [-0.4, -0.2) is 45.2 Å². The molecule has 1 N–H and O–H groups in total.